The Morgan fingerprint density at radius 3 is 2.75 bits per heavy atom. The molecule has 2 heterocycles. The zero-order valence-electron chi connectivity index (χ0n) is 12.7. The summed E-state index contributed by atoms with van der Waals surface area (Å²) >= 11 is 3.58. The molecule has 0 N–H and O–H groups in total. The lowest BCUT2D eigenvalue weighted by Gasteiger charge is -2.06. The number of aromatic nitrogens is 3. The van der Waals surface area contributed by atoms with E-state index in [4.69, 9.17) is 4.42 Å². The fourth-order valence-corrected chi connectivity index (χ4v) is 3.33. The van der Waals surface area contributed by atoms with Gasteiger partial charge in [-0.3, -0.25) is 9.36 Å². The second-order valence-electron chi connectivity index (χ2n) is 4.90. The minimum absolute atomic E-state index is 0.0594. The largest absolute Gasteiger partial charge is 0.461 e. The highest BCUT2D eigenvalue weighted by atomic mass is 127. The number of benzene rings is 1. The van der Waals surface area contributed by atoms with Crippen molar-refractivity contribution in [1.82, 2.24) is 14.8 Å². The standard InChI is InChI=1S/C17H14IN3O2S/c1-2-9-21-16(15-4-3-10-23-15)19-20-17(21)24-11-14(22)12-5-7-13(18)8-6-12/h2-8,10H,1,9,11H2. The molecule has 0 aliphatic rings. The third-order valence-corrected chi connectivity index (χ3v) is 4.95. The van der Waals surface area contributed by atoms with Gasteiger partial charge in [-0.1, -0.05) is 30.0 Å². The molecule has 0 unspecified atom stereocenters. The number of nitrogens with zero attached hydrogens (tertiary/aromatic N) is 3. The summed E-state index contributed by atoms with van der Waals surface area (Å²) in [5.74, 6) is 1.63. The minimum Gasteiger partial charge on any atom is -0.461 e. The number of Topliss-reactive ketones (excluding diaryl/α,β-unsaturated/α-hetero) is 1. The number of thioether (sulfide) groups is 1. The van der Waals surface area contributed by atoms with Crippen molar-refractivity contribution in [2.24, 2.45) is 0 Å². The van der Waals surface area contributed by atoms with Crippen molar-refractivity contribution in [3.63, 3.8) is 0 Å². The van der Waals surface area contributed by atoms with Crippen LogP contribution < -0.4 is 0 Å². The Hall–Kier alpha value is -1.87. The topological polar surface area (TPSA) is 60.9 Å². The highest BCUT2D eigenvalue weighted by molar-refractivity contribution is 14.1. The van der Waals surface area contributed by atoms with Gasteiger partial charge in [0.05, 0.1) is 12.0 Å². The van der Waals surface area contributed by atoms with Crippen molar-refractivity contribution in [2.45, 2.75) is 11.7 Å². The molecule has 0 radical (unpaired) electrons. The van der Waals surface area contributed by atoms with Crippen LogP contribution in [0.5, 0.6) is 0 Å². The van der Waals surface area contributed by atoms with Crippen LogP contribution in [-0.2, 0) is 6.54 Å². The van der Waals surface area contributed by atoms with Gasteiger partial charge in [0, 0.05) is 15.7 Å². The number of ketones is 1. The number of rotatable bonds is 7. The lowest BCUT2D eigenvalue weighted by atomic mass is 10.2. The Morgan fingerprint density at radius 1 is 1.29 bits per heavy atom. The average molecular weight is 451 g/mol. The molecule has 0 bridgehead atoms. The van der Waals surface area contributed by atoms with E-state index in [0.717, 1.165) is 3.57 Å². The molecule has 3 rings (SSSR count). The van der Waals surface area contributed by atoms with Crippen LogP contribution in [0, 0.1) is 3.57 Å². The SMILES string of the molecule is C=CCn1c(SCC(=O)c2ccc(I)cc2)nnc1-c1ccco1. The van der Waals surface area contributed by atoms with Gasteiger partial charge in [0.1, 0.15) is 0 Å². The van der Waals surface area contributed by atoms with Gasteiger partial charge in [0.25, 0.3) is 0 Å². The molecule has 1 aromatic carbocycles. The Labute approximate surface area is 157 Å². The minimum atomic E-state index is 0.0594. The number of carbonyl (C=O) groups excluding carboxylic acids is 1. The van der Waals surface area contributed by atoms with Crippen LogP contribution in [0.15, 0.2) is 64.9 Å². The maximum atomic E-state index is 12.3. The molecule has 24 heavy (non-hydrogen) atoms. The average Bonchev–Trinajstić information content (AvgIpc) is 3.23. The predicted octanol–water partition coefficient (Wildman–Crippen LogP) is 4.30. The lowest BCUT2D eigenvalue weighted by molar-refractivity contribution is 0.102. The van der Waals surface area contributed by atoms with Crippen LogP contribution in [0.4, 0.5) is 0 Å². The van der Waals surface area contributed by atoms with Crippen molar-refractivity contribution in [3.05, 3.63) is 64.4 Å². The van der Waals surface area contributed by atoms with Crippen LogP contribution in [0.3, 0.4) is 0 Å². The van der Waals surface area contributed by atoms with Gasteiger partial charge in [-0.25, -0.2) is 0 Å². The summed E-state index contributed by atoms with van der Waals surface area (Å²) in [6.07, 6.45) is 3.36. The molecule has 5 nitrogen and oxygen atoms in total. The summed E-state index contributed by atoms with van der Waals surface area (Å²) in [5, 5.41) is 9.03. The van der Waals surface area contributed by atoms with Crippen LogP contribution in [-0.4, -0.2) is 26.3 Å². The third kappa shape index (κ3) is 3.78. The fourth-order valence-electron chi connectivity index (χ4n) is 2.13. The van der Waals surface area contributed by atoms with Gasteiger partial charge in [0.2, 0.25) is 5.82 Å². The molecule has 0 atom stereocenters. The van der Waals surface area contributed by atoms with Gasteiger partial charge in [0.15, 0.2) is 16.7 Å². The number of halogens is 1. The maximum absolute atomic E-state index is 12.3. The molecule has 0 aliphatic heterocycles. The number of furan rings is 1. The Balaban J connectivity index is 1.76. The van der Waals surface area contributed by atoms with Crippen LogP contribution >= 0.6 is 34.4 Å². The highest BCUT2D eigenvalue weighted by Gasteiger charge is 2.17. The molecular weight excluding hydrogens is 437 g/mol. The van der Waals surface area contributed by atoms with E-state index in [2.05, 4.69) is 39.4 Å². The maximum Gasteiger partial charge on any atom is 0.200 e. The fraction of sp³-hybridized carbons (Fsp3) is 0.118. The number of carbonyl (C=O) groups is 1. The zero-order chi connectivity index (χ0) is 16.9. The van der Waals surface area contributed by atoms with E-state index in [1.807, 2.05) is 34.9 Å². The van der Waals surface area contributed by atoms with Crippen molar-refractivity contribution < 1.29 is 9.21 Å². The van der Waals surface area contributed by atoms with Crippen molar-refractivity contribution in [1.29, 1.82) is 0 Å². The molecule has 0 saturated carbocycles. The summed E-state index contributed by atoms with van der Waals surface area (Å²) in [6, 6.07) is 11.2. The smallest absolute Gasteiger partial charge is 0.200 e. The van der Waals surface area contributed by atoms with E-state index in [-0.39, 0.29) is 5.78 Å². The molecule has 0 amide bonds. The number of allylic oxidation sites excluding steroid dienone is 1. The number of hydrogen-bond acceptors (Lipinski definition) is 5. The lowest BCUT2D eigenvalue weighted by Crippen LogP contribution is -2.05. The van der Waals surface area contributed by atoms with Gasteiger partial charge < -0.3 is 4.42 Å². The first-order valence-corrected chi connectivity index (χ1v) is 9.25. The molecular formula is C17H14IN3O2S. The Kier molecular flexibility index (Phi) is 5.52. The molecule has 0 saturated heterocycles. The number of hydrogen-bond donors (Lipinski definition) is 0. The first kappa shape index (κ1) is 17.0. The van der Waals surface area contributed by atoms with Crippen molar-refractivity contribution >= 4 is 40.1 Å². The summed E-state index contributed by atoms with van der Waals surface area (Å²) in [5.41, 5.74) is 0.698. The highest BCUT2D eigenvalue weighted by Crippen LogP contribution is 2.25. The van der Waals surface area contributed by atoms with Gasteiger partial charge >= 0.3 is 0 Å². The van der Waals surface area contributed by atoms with E-state index < -0.39 is 0 Å². The second-order valence-corrected chi connectivity index (χ2v) is 7.09. The molecule has 2 aromatic heterocycles. The van der Waals surface area contributed by atoms with E-state index in [9.17, 15) is 4.79 Å². The summed E-state index contributed by atoms with van der Waals surface area (Å²) in [7, 11) is 0. The molecule has 0 fully saturated rings. The van der Waals surface area contributed by atoms with Crippen molar-refractivity contribution in [2.75, 3.05) is 5.75 Å². The van der Waals surface area contributed by atoms with E-state index in [0.29, 0.717) is 34.6 Å². The monoisotopic (exact) mass is 451 g/mol. The van der Waals surface area contributed by atoms with E-state index in [1.54, 1.807) is 18.4 Å². The van der Waals surface area contributed by atoms with Crippen molar-refractivity contribution in [3.8, 4) is 11.6 Å². The molecule has 7 heteroatoms. The van der Waals surface area contributed by atoms with Crippen LogP contribution in [0.1, 0.15) is 10.4 Å². The van der Waals surface area contributed by atoms with Gasteiger partial charge in [-0.2, -0.15) is 0 Å². The quantitative estimate of drug-likeness (QED) is 0.232. The zero-order valence-corrected chi connectivity index (χ0v) is 15.7. The third-order valence-electron chi connectivity index (χ3n) is 3.27. The molecule has 3 aromatic rings. The molecule has 0 aliphatic carbocycles. The predicted molar refractivity (Wildman–Crippen MR) is 102 cm³/mol. The Morgan fingerprint density at radius 2 is 2.08 bits per heavy atom. The van der Waals surface area contributed by atoms with Gasteiger partial charge in [-0.15, -0.1) is 16.8 Å². The normalized spacial score (nSPS) is 10.7. The first-order valence-electron chi connectivity index (χ1n) is 7.18. The second kappa shape index (κ2) is 7.80. The summed E-state index contributed by atoms with van der Waals surface area (Å²) in [6.45, 7) is 4.31. The van der Waals surface area contributed by atoms with Gasteiger partial charge in [-0.05, 0) is 46.9 Å². The van der Waals surface area contributed by atoms with Crippen LogP contribution in [0.2, 0.25) is 0 Å². The molecule has 122 valence electrons. The van der Waals surface area contributed by atoms with Crippen LogP contribution in [0.25, 0.3) is 11.6 Å². The van der Waals surface area contributed by atoms with E-state index in [1.165, 1.54) is 11.8 Å². The van der Waals surface area contributed by atoms with E-state index >= 15 is 0 Å². The first-order chi connectivity index (χ1) is 11.7. The Bertz CT molecular complexity index is 841. The summed E-state index contributed by atoms with van der Waals surface area (Å²) < 4.78 is 8.38. The molecule has 0 spiro atoms. The summed E-state index contributed by atoms with van der Waals surface area (Å²) in [4.78, 5) is 12.3.